The highest BCUT2D eigenvalue weighted by Crippen LogP contribution is 2.37. The maximum atomic E-state index is 12.5. The monoisotopic (exact) mass is 492 g/mol. The Hall–Kier alpha value is -4.78. The molecule has 0 aliphatic carbocycles. The summed E-state index contributed by atoms with van der Waals surface area (Å²) in [6.07, 6.45) is 0.240. The van der Waals surface area contributed by atoms with Crippen LogP contribution in [0.25, 0.3) is 27.7 Å². The Morgan fingerprint density at radius 2 is 1.76 bits per heavy atom. The Morgan fingerprint density at radius 3 is 2.57 bits per heavy atom. The number of benzene rings is 4. The Morgan fingerprint density at radius 1 is 0.973 bits per heavy atom. The van der Waals surface area contributed by atoms with Crippen molar-refractivity contribution in [1.29, 1.82) is 0 Å². The molecule has 7 nitrogen and oxygen atoms in total. The highest BCUT2D eigenvalue weighted by molar-refractivity contribution is 5.91. The predicted octanol–water partition coefficient (Wildman–Crippen LogP) is 5.84. The lowest BCUT2D eigenvalue weighted by molar-refractivity contribution is -0.138. The molecule has 0 amide bonds. The van der Waals surface area contributed by atoms with Gasteiger partial charge in [0.25, 0.3) is 0 Å². The molecule has 0 spiro atoms. The van der Waals surface area contributed by atoms with Crippen molar-refractivity contribution in [2.24, 2.45) is 0 Å². The van der Waals surface area contributed by atoms with Crippen LogP contribution in [-0.4, -0.2) is 34.8 Å². The summed E-state index contributed by atoms with van der Waals surface area (Å²) >= 11 is 0. The van der Waals surface area contributed by atoms with Crippen LogP contribution >= 0.6 is 0 Å². The first-order chi connectivity index (χ1) is 18.1. The Bertz CT molecular complexity index is 1600. The fourth-order valence-electron chi connectivity index (χ4n) is 4.81. The molecule has 0 fully saturated rings. The predicted molar refractivity (Wildman–Crippen MR) is 140 cm³/mol. The maximum absolute atomic E-state index is 12.5. The fraction of sp³-hybridized carbons (Fsp3) is 0.133. The van der Waals surface area contributed by atoms with Crippen molar-refractivity contribution in [3.8, 4) is 34.2 Å². The van der Waals surface area contributed by atoms with Gasteiger partial charge in [0.15, 0.2) is 11.5 Å². The second-order valence-electron chi connectivity index (χ2n) is 8.86. The smallest absolute Gasteiger partial charge is 0.311 e. The summed E-state index contributed by atoms with van der Waals surface area (Å²) in [6.45, 7) is 0.188. The quantitative estimate of drug-likeness (QED) is 0.307. The molecule has 1 aliphatic rings. The van der Waals surface area contributed by atoms with Crippen LogP contribution in [0.1, 0.15) is 17.2 Å². The molecule has 37 heavy (non-hydrogen) atoms. The van der Waals surface area contributed by atoms with E-state index in [9.17, 15) is 9.90 Å². The lowest BCUT2D eigenvalue weighted by Crippen LogP contribution is -2.15. The van der Waals surface area contributed by atoms with Crippen LogP contribution in [-0.2, 0) is 11.2 Å². The molecule has 184 valence electrons. The average Bonchev–Trinajstić information content (AvgIpc) is 3.58. The number of carbonyl (C=O) groups is 1. The number of aliphatic carboxylic acids is 1. The van der Waals surface area contributed by atoms with E-state index < -0.39 is 11.9 Å². The zero-order valence-electron chi connectivity index (χ0n) is 20.1. The first kappa shape index (κ1) is 22.7. The summed E-state index contributed by atoms with van der Waals surface area (Å²) in [5.41, 5.74) is 3.98. The highest BCUT2D eigenvalue weighted by atomic mass is 16.7. The molecule has 1 N–H and O–H groups in total. The van der Waals surface area contributed by atoms with Crippen LogP contribution in [0.5, 0.6) is 17.2 Å². The molecule has 0 bridgehead atoms. The Kier molecular flexibility index (Phi) is 5.73. The van der Waals surface area contributed by atoms with Gasteiger partial charge in [-0.3, -0.25) is 4.79 Å². The minimum absolute atomic E-state index is 0.188. The van der Waals surface area contributed by atoms with Gasteiger partial charge in [-0.25, -0.2) is 4.68 Å². The zero-order chi connectivity index (χ0) is 25.4. The molecule has 0 saturated carbocycles. The zero-order valence-corrected chi connectivity index (χ0v) is 20.1. The van der Waals surface area contributed by atoms with Crippen molar-refractivity contribution < 1.29 is 24.1 Å². The van der Waals surface area contributed by atoms with Gasteiger partial charge < -0.3 is 19.3 Å². The molecule has 1 atom stereocenters. The van der Waals surface area contributed by atoms with Gasteiger partial charge in [-0.2, -0.15) is 5.10 Å². The standard InChI is InChI=1S/C30H24N2O5/c1-35-23-12-10-22(11-13-23)32-27(20-9-14-28-29(15-20)37-18-36-28)17-21(31-32)16-26(30(33)34)25-8-4-6-19-5-2-3-7-24(19)25/h2-15,17,26H,16,18H2,1H3,(H,33,34)/t26-/m1/s1. The largest absolute Gasteiger partial charge is 0.497 e. The summed E-state index contributed by atoms with van der Waals surface area (Å²) in [5, 5.41) is 17.1. The number of methoxy groups -OCH3 is 1. The second kappa shape index (κ2) is 9.35. The molecule has 5 aromatic rings. The van der Waals surface area contributed by atoms with E-state index in [-0.39, 0.29) is 13.2 Å². The summed E-state index contributed by atoms with van der Waals surface area (Å²) < 4.78 is 18.2. The summed E-state index contributed by atoms with van der Waals surface area (Å²) in [4.78, 5) is 12.5. The summed E-state index contributed by atoms with van der Waals surface area (Å²) in [5.74, 6) is 0.458. The molecule has 0 saturated heterocycles. The number of carboxylic acid groups (broad SMARTS) is 1. The van der Waals surface area contributed by atoms with Gasteiger partial charge in [-0.05, 0) is 64.9 Å². The van der Waals surface area contributed by atoms with Crippen LogP contribution in [0.2, 0.25) is 0 Å². The number of nitrogens with zero attached hydrogens (tertiary/aromatic N) is 2. The van der Waals surface area contributed by atoms with Crippen molar-refractivity contribution >= 4 is 16.7 Å². The van der Waals surface area contributed by atoms with Crippen LogP contribution in [0.4, 0.5) is 0 Å². The van der Waals surface area contributed by atoms with E-state index in [0.717, 1.165) is 39.0 Å². The molecule has 0 unspecified atom stereocenters. The molecule has 2 heterocycles. The second-order valence-corrected chi connectivity index (χ2v) is 8.86. The van der Waals surface area contributed by atoms with Crippen LogP contribution in [0.15, 0.2) is 91.0 Å². The third-order valence-corrected chi connectivity index (χ3v) is 6.66. The number of ether oxygens (including phenoxy) is 3. The van der Waals surface area contributed by atoms with Crippen molar-refractivity contribution in [2.45, 2.75) is 12.3 Å². The van der Waals surface area contributed by atoms with Crippen molar-refractivity contribution in [3.63, 3.8) is 0 Å². The van der Waals surface area contributed by atoms with E-state index >= 15 is 0 Å². The van der Waals surface area contributed by atoms with E-state index in [1.807, 2.05) is 95.7 Å². The molecule has 1 aliphatic heterocycles. The van der Waals surface area contributed by atoms with Crippen molar-refractivity contribution in [3.05, 3.63) is 102 Å². The SMILES string of the molecule is COc1ccc(-n2nc(C[C@@H](C(=O)O)c3cccc4ccccc34)cc2-c2ccc3c(c2)OCO3)cc1. The lowest BCUT2D eigenvalue weighted by Gasteiger charge is -2.14. The number of carboxylic acids is 1. The molecular weight excluding hydrogens is 468 g/mol. The molecule has 7 heteroatoms. The minimum atomic E-state index is -0.889. The first-order valence-corrected chi connectivity index (χ1v) is 11.9. The van der Waals surface area contributed by atoms with E-state index in [0.29, 0.717) is 17.2 Å². The normalized spacial score (nSPS) is 13.0. The van der Waals surface area contributed by atoms with Crippen molar-refractivity contribution in [1.82, 2.24) is 9.78 Å². The van der Waals surface area contributed by atoms with Gasteiger partial charge in [0, 0.05) is 12.0 Å². The third kappa shape index (κ3) is 4.25. The van der Waals surface area contributed by atoms with E-state index in [2.05, 4.69) is 0 Å². The number of fused-ring (bicyclic) bond motifs is 2. The third-order valence-electron chi connectivity index (χ3n) is 6.66. The molecule has 1 aromatic heterocycles. The Balaban J connectivity index is 1.44. The van der Waals surface area contributed by atoms with E-state index in [4.69, 9.17) is 19.3 Å². The van der Waals surface area contributed by atoms with Crippen molar-refractivity contribution in [2.75, 3.05) is 13.9 Å². The lowest BCUT2D eigenvalue weighted by atomic mass is 9.90. The van der Waals surface area contributed by atoms with E-state index in [1.54, 1.807) is 7.11 Å². The molecular formula is C30H24N2O5. The van der Waals surface area contributed by atoms with Gasteiger partial charge in [0.05, 0.1) is 30.1 Å². The number of hydrogen-bond acceptors (Lipinski definition) is 5. The minimum Gasteiger partial charge on any atom is -0.497 e. The summed E-state index contributed by atoms with van der Waals surface area (Å²) in [6, 6.07) is 28.9. The van der Waals surface area contributed by atoms with Gasteiger partial charge in [0.1, 0.15) is 5.75 Å². The Labute approximate surface area is 213 Å². The first-order valence-electron chi connectivity index (χ1n) is 11.9. The number of aromatic nitrogens is 2. The van der Waals surface area contributed by atoms with Crippen LogP contribution in [0, 0.1) is 0 Å². The topological polar surface area (TPSA) is 82.8 Å². The summed E-state index contributed by atoms with van der Waals surface area (Å²) in [7, 11) is 1.62. The number of hydrogen-bond donors (Lipinski definition) is 1. The maximum Gasteiger partial charge on any atom is 0.311 e. The average molecular weight is 493 g/mol. The molecule has 0 radical (unpaired) electrons. The fourth-order valence-corrected chi connectivity index (χ4v) is 4.81. The van der Waals surface area contributed by atoms with Crippen LogP contribution < -0.4 is 14.2 Å². The molecule has 4 aromatic carbocycles. The molecule has 6 rings (SSSR count). The number of rotatable bonds is 7. The highest BCUT2D eigenvalue weighted by Gasteiger charge is 2.25. The van der Waals surface area contributed by atoms with Crippen LogP contribution in [0.3, 0.4) is 0 Å². The van der Waals surface area contributed by atoms with Gasteiger partial charge in [-0.15, -0.1) is 0 Å². The van der Waals surface area contributed by atoms with Gasteiger partial charge in [0.2, 0.25) is 6.79 Å². The van der Waals surface area contributed by atoms with E-state index in [1.165, 1.54) is 0 Å². The van der Waals surface area contributed by atoms with Gasteiger partial charge in [-0.1, -0.05) is 42.5 Å². The van der Waals surface area contributed by atoms with Gasteiger partial charge >= 0.3 is 5.97 Å².